The summed E-state index contributed by atoms with van der Waals surface area (Å²) in [6, 6.07) is 7.90. The Kier molecular flexibility index (Phi) is 4.74. The Hall–Kier alpha value is -1.03. The highest BCUT2D eigenvalue weighted by Gasteiger charge is 2.42. The van der Waals surface area contributed by atoms with Gasteiger partial charge in [0.1, 0.15) is 5.54 Å². The molecule has 1 aliphatic rings. The van der Waals surface area contributed by atoms with E-state index in [1.165, 1.54) is 6.42 Å². The molecule has 2 atom stereocenters. The van der Waals surface area contributed by atoms with Gasteiger partial charge >= 0.3 is 0 Å². The first-order valence-corrected chi connectivity index (χ1v) is 8.06. The highest BCUT2D eigenvalue weighted by Crippen LogP contribution is 2.38. The minimum atomic E-state index is -0.596. The van der Waals surface area contributed by atoms with Crippen molar-refractivity contribution in [2.75, 3.05) is 5.32 Å². The Morgan fingerprint density at radius 3 is 2.60 bits per heavy atom. The maximum Gasteiger partial charge on any atom is 0.243 e. The zero-order valence-corrected chi connectivity index (χ0v) is 13.7. The molecule has 20 heavy (non-hydrogen) atoms. The Morgan fingerprint density at radius 1 is 1.40 bits per heavy atom. The molecule has 2 unspecified atom stereocenters. The Bertz CT molecular complexity index is 472. The van der Waals surface area contributed by atoms with Crippen LogP contribution in [0.4, 0.5) is 5.69 Å². The lowest BCUT2D eigenvalue weighted by Crippen LogP contribution is -2.53. The molecule has 4 heteroatoms. The summed E-state index contributed by atoms with van der Waals surface area (Å²) in [5.41, 5.74) is 6.09. The van der Waals surface area contributed by atoms with E-state index in [-0.39, 0.29) is 5.91 Å². The molecule has 2 rings (SSSR count). The minimum absolute atomic E-state index is 0.231. The quantitative estimate of drug-likeness (QED) is 0.873. The Morgan fingerprint density at radius 2 is 2.05 bits per heavy atom. The minimum Gasteiger partial charge on any atom is -0.371 e. The molecular weight excluding hydrogens is 316 g/mol. The van der Waals surface area contributed by atoms with Gasteiger partial charge in [0.2, 0.25) is 5.91 Å². The molecule has 0 aromatic heterocycles. The maximum atomic E-state index is 12.1. The van der Waals surface area contributed by atoms with Crippen LogP contribution in [0, 0.1) is 11.8 Å². The number of carbonyl (C=O) groups excluding carboxylic acids is 1. The molecule has 3 N–H and O–H groups in total. The summed E-state index contributed by atoms with van der Waals surface area (Å²) < 4.78 is 1.03. The van der Waals surface area contributed by atoms with E-state index in [1.807, 2.05) is 24.3 Å². The molecule has 1 aliphatic carbocycles. The van der Waals surface area contributed by atoms with Gasteiger partial charge in [-0.25, -0.2) is 0 Å². The molecule has 0 aliphatic heterocycles. The van der Waals surface area contributed by atoms with E-state index in [0.717, 1.165) is 29.4 Å². The fourth-order valence-electron chi connectivity index (χ4n) is 3.10. The largest absolute Gasteiger partial charge is 0.371 e. The number of rotatable bonds is 4. The van der Waals surface area contributed by atoms with E-state index in [1.54, 1.807) is 0 Å². The number of amides is 1. The number of benzene rings is 1. The van der Waals surface area contributed by atoms with Crippen molar-refractivity contribution >= 4 is 27.5 Å². The van der Waals surface area contributed by atoms with Crippen LogP contribution in [0.1, 0.15) is 39.5 Å². The highest BCUT2D eigenvalue weighted by atomic mass is 79.9. The second-order valence-electron chi connectivity index (χ2n) is 6.18. The number of anilines is 1. The highest BCUT2D eigenvalue weighted by molar-refractivity contribution is 9.10. The summed E-state index contributed by atoms with van der Waals surface area (Å²) in [7, 11) is 0. The molecule has 0 radical (unpaired) electrons. The van der Waals surface area contributed by atoms with Crippen molar-refractivity contribution in [2.24, 2.45) is 17.6 Å². The van der Waals surface area contributed by atoms with Gasteiger partial charge in [0.05, 0.1) is 0 Å². The molecule has 0 saturated heterocycles. The van der Waals surface area contributed by atoms with Gasteiger partial charge in [-0.15, -0.1) is 0 Å². The number of nitrogens with one attached hydrogen (secondary N) is 1. The molecule has 1 saturated carbocycles. The summed E-state index contributed by atoms with van der Waals surface area (Å²) >= 11 is 3.42. The summed E-state index contributed by atoms with van der Waals surface area (Å²) in [5, 5.41) is 3.41. The van der Waals surface area contributed by atoms with Gasteiger partial charge < -0.3 is 11.1 Å². The van der Waals surface area contributed by atoms with Crippen LogP contribution in [0.5, 0.6) is 0 Å². The second kappa shape index (κ2) is 6.17. The number of halogens is 1. The van der Waals surface area contributed by atoms with Crippen molar-refractivity contribution in [1.82, 2.24) is 0 Å². The van der Waals surface area contributed by atoms with Gasteiger partial charge in [0.25, 0.3) is 0 Å². The second-order valence-corrected chi connectivity index (χ2v) is 7.09. The molecular formula is C16H23BrN2O. The smallest absolute Gasteiger partial charge is 0.243 e. The molecule has 3 nitrogen and oxygen atoms in total. The average molecular weight is 339 g/mol. The van der Waals surface area contributed by atoms with Gasteiger partial charge in [0, 0.05) is 10.2 Å². The summed E-state index contributed by atoms with van der Waals surface area (Å²) in [6.07, 6.45) is 3.89. The van der Waals surface area contributed by atoms with Crippen molar-refractivity contribution in [1.29, 1.82) is 0 Å². The first kappa shape index (κ1) is 15.4. The van der Waals surface area contributed by atoms with E-state index in [9.17, 15) is 4.79 Å². The molecule has 0 spiro atoms. The van der Waals surface area contributed by atoms with Crippen LogP contribution >= 0.6 is 15.9 Å². The first-order chi connectivity index (χ1) is 9.43. The fraction of sp³-hybridized carbons (Fsp3) is 0.562. The lowest BCUT2D eigenvalue weighted by Gasteiger charge is -2.41. The van der Waals surface area contributed by atoms with E-state index in [4.69, 9.17) is 5.73 Å². The standard InChI is InChI=1S/C16H23BrN2O/c1-11(2)12-4-3-9-16(10-12,15(18)20)19-14-7-5-13(17)6-8-14/h5-8,11-12,19H,3-4,9-10H2,1-2H3,(H2,18,20). The van der Waals surface area contributed by atoms with Gasteiger partial charge in [-0.05, 0) is 55.4 Å². The SMILES string of the molecule is CC(C)C1CCCC(Nc2ccc(Br)cc2)(C(N)=O)C1. The van der Waals surface area contributed by atoms with Crippen LogP contribution in [0.15, 0.2) is 28.7 Å². The van der Waals surface area contributed by atoms with Crippen molar-refractivity contribution in [3.63, 3.8) is 0 Å². The van der Waals surface area contributed by atoms with Gasteiger partial charge in [0.15, 0.2) is 0 Å². The summed E-state index contributed by atoms with van der Waals surface area (Å²) in [5.74, 6) is 0.908. The molecule has 1 aromatic carbocycles. The lowest BCUT2D eigenvalue weighted by atomic mass is 9.71. The maximum absolute atomic E-state index is 12.1. The normalized spacial score (nSPS) is 26.5. The van der Waals surface area contributed by atoms with Gasteiger partial charge in [-0.3, -0.25) is 4.79 Å². The van der Waals surface area contributed by atoms with Gasteiger partial charge in [-0.1, -0.05) is 36.2 Å². The van der Waals surface area contributed by atoms with Crippen LogP contribution in [-0.2, 0) is 4.79 Å². The number of carbonyl (C=O) groups is 1. The molecule has 110 valence electrons. The lowest BCUT2D eigenvalue weighted by molar-refractivity contribution is -0.124. The third-order valence-electron chi connectivity index (χ3n) is 4.43. The number of hydrogen-bond acceptors (Lipinski definition) is 2. The Balaban J connectivity index is 2.21. The summed E-state index contributed by atoms with van der Waals surface area (Å²) in [6.45, 7) is 4.45. The monoisotopic (exact) mass is 338 g/mol. The van der Waals surface area contributed by atoms with E-state index < -0.39 is 5.54 Å². The topological polar surface area (TPSA) is 55.1 Å². The van der Waals surface area contributed by atoms with E-state index in [0.29, 0.717) is 11.8 Å². The van der Waals surface area contributed by atoms with Crippen LogP contribution in [0.25, 0.3) is 0 Å². The third kappa shape index (κ3) is 3.35. The van der Waals surface area contributed by atoms with Crippen molar-refractivity contribution in [3.8, 4) is 0 Å². The van der Waals surface area contributed by atoms with Crippen molar-refractivity contribution < 1.29 is 4.79 Å². The summed E-state index contributed by atoms with van der Waals surface area (Å²) in [4.78, 5) is 12.1. The zero-order valence-electron chi connectivity index (χ0n) is 12.2. The van der Waals surface area contributed by atoms with Crippen molar-refractivity contribution in [2.45, 2.75) is 45.1 Å². The fourth-order valence-corrected chi connectivity index (χ4v) is 3.36. The molecule has 1 amide bonds. The van der Waals surface area contributed by atoms with Gasteiger partial charge in [-0.2, -0.15) is 0 Å². The number of primary amides is 1. The average Bonchev–Trinajstić information content (AvgIpc) is 2.41. The molecule has 0 heterocycles. The zero-order chi connectivity index (χ0) is 14.8. The predicted octanol–water partition coefficient (Wildman–Crippen LogP) is 3.93. The van der Waals surface area contributed by atoms with Crippen LogP contribution < -0.4 is 11.1 Å². The van der Waals surface area contributed by atoms with Crippen LogP contribution in [-0.4, -0.2) is 11.4 Å². The molecule has 1 fully saturated rings. The van der Waals surface area contributed by atoms with Crippen LogP contribution in [0.3, 0.4) is 0 Å². The van der Waals surface area contributed by atoms with E-state index in [2.05, 4.69) is 35.1 Å². The number of nitrogens with two attached hydrogens (primary N) is 1. The first-order valence-electron chi connectivity index (χ1n) is 7.26. The van der Waals surface area contributed by atoms with Crippen LogP contribution in [0.2, 0.25) is 0 Å². The van der Waals surface area contributed by atoms with E-state index >= 15 is 0 Å². The van der Waals surface area contributed by atoms with Crippen molar-refractivity contribution in [3.05, 3.63) is 28.7 Å². The molecule has 1 aromatic rings. The predicted molar refractivity (Wildman–Crippen MR) is 86.5 cm³/mol. The third-order valence-corrected chi connectivity index (χ3v) is 4.96. The number of hydrogen-bond donors (Lipinski definition) is 2. The Labute approximate surface area is 129 Å². The molecule has 0 bridgehead atoms.